The van der Waals surface area contributed by atoms with Gasteiger partial charge in [-0.05, 0) is 48.4 Å². The van der Waals surface area contributed by atoms with E-state index in [0.29, 0.717) is 28.1 Å². The van der Waals surface area contributed by atoms with Crippen LogP contribution >= 0.6 is 0 Å². The summed E-state index contributed by atoms with van der Waals surface area (Å²) in [6.45, 7) is 1.52. The number of rotatable bonds is 10. The Labute approximate surface area is 266 Å². The third-order valence-corrected chi connectivity index (χ3v) is 7.78. The maximum absolute atomic E-state index is 13.5. The third-order valence-electron chi connectivity index (χ3n) is 6.62. The van der Waals surface area contributed by atoms with Gasteiger partial charge in [0.05, 0.1) is 24.2 Å². The summed E-state index contributed by atoms with van der Waals surface area (Å²) in [5, 5.41) is 14.8. The van der Waals surface area contributed by atoms with Crippen LogP contribution in [0.2, 0.25) is 0 Å². The topological polar surface area (TPSA) is 167 Å². The summed E-state index contributed by atoms with van der Waals surface area (Å²) in [7, 11) is -2.28. The summed E-state index contributed by atoms with van der Waals surface area (Å²) >= 11 is 0. The number of nitrogens with zero attached hydrogens (tertiary/aromatic N) is 1. The number of ether oxygens (including phenoxy) is 2. The fourth-order valence-electron chi connectivity index (χ4n) is 4.36. The number of sulfone groups is 1. The molecule has 4 N–H and O–H groups in total. The van der Waals surface area contributed by atoms with Gasteiger partial charge >= 0.3 is 18.1 Å². The van der Waals surface area contributed by atoms with Crippen LogP contribution in [-0.2, 0) is 30.7 Å². The van der Waals surface area contributed by atoms with Crippen molar-refractivity contribution in [2.45, 2.75) is 24.5 Å². The summed E-state index contributed by atoms with van der Waals surface area (Å²) in [5.41, 5.74) is 6.36. The molecule has 0 radical (unpaired) electrons. The molecule has 0 bridgehead atoms. The van der Waals surface area contributed by atoms with E-state index in [1.54, 1.807) is 72.8 Å². The molecule has 0 aliphatic heterocycles. The molecule has 0 aromatic heterocycles. The van der Waals surface area contributed by atoms with Crippen molar-refractivity contribution in [3.8, 4) is 11.1 Å². The molecule has 3 amide bonds. The largest absolute Gasteiger partial charge is 0.466 e. The number of amides is 3. The average Bonchev–Trinajstić information content (AvgIpc) is 3.04. The number of carbonyl (C=O) groups excluding carboxylic acids is 3. The monoisotopic (exact) mass is 643 g/mol. The number of anilines is 2. The molecule has 12 nitrogen and oxygen atoms in total. The Hall–Kier alpha value is -5.69. The number of benzene rings is 4. The van der Waals surface area contributed by atoms with Crippen molar-refractivity contribution in [1.29, 1.82) is 5.41 Å². The van der Waals surface area contributed by atoms with Gasteiger partial charge in [0, 0.05) is 23.1 Å². The van der Waals surface area contributed by atoms with Crippen molar-refractivity contribution in [2.75, 3.05) is 24.1 Å². The van der Waals surface area contributed by atoms with E-state index in [2.05, 4.69) is 20.8 Å². The van der Waals surface area contributed by atoms with Gasteiger partial charge in [0.1, 0.15) is 5.84 Å². The Bertz CT molecular complexity index is 1830. The molecule has 0 saturated heterocycles. The van der Waals surface area contributed by atoms with Crippen LogP contribution in [0.5, 0.6) is 0 Å². The van der Waals surface area contributed by atoms with E-state index in [1.165, 1.54) is 19.0 Å². The molecule has 1 atom stereocenters. The molecular formula is C33H33N5O7S. The zero-order valence-corrected chi connectivity index (χ0v) is 26.1. The van der Waals surface area contributed by atoms with Gasteiger partial charge in [0.2, 0.25) is 0 Å². The first-order chi connectivity index (χ1) is 21.9. The second-order valence-electron chi connectivity index (χ2n) is 10.1. The average molecular weight is 644 g/mol. The van der Waals surface area contributed by atoms with Crippen LogP contribution in [0.1, 0.15) is 18.1 Å². The molecule has 0 fully saturated rings. The van der Waals surface area contributed by atoms with Crippen LogP contribution in [0.25, 0.3) is 11.1 Å². The summed E-state index contributed by atoms with van der Waals surface area (Å²) in [6.07, 6.45) is -1.00. The highest BCUT2D eigenvalue weighted by Gasteiger charge is 2.20. The maximum Gasteiger partial charge on any atom is 0.413 e. The summed E-state index contributed by atoms with van der Waals surface area (Å²) in [4.78, 5) is 37.4. The van der Waals surface area contributed by atoms with Crippen molar-refractivity contribution < 1.29 is 32.3 Å². The number of amidine groups is 1. The molecule has 46 heavy (non-hydrogen) atoms. The molecule has 0 aliphatic carbocycles. The van der Waals surface area contributed by atoms with E-state index in [-0.39, 0.29) is 17.3 Å². The molecule has 4 rings (SSSR count). The molecule has 0 saturated carbocycles. The van der Waals surface area contributed by atoms with Gasteiger partial charge in [-0.25, -0.2) is 27.8 Å². The molecule has 4 aromatic carbocycles. The summed E-state index contributed by atoms with van der Waals surface area (Å²) in [5.74, 6) is -1.03. The lowest BCUT2D eigenvalue weighted by molar-refractivity contribution is -0.149. The van der Waals surface area contributed by atoms with Crippen molar-refractivity contribution in [3.05, 3.63) is 114 Å². The summed E-state index contributed by atoms with van der Waals surface area (Å²) in [6, 6.07) is 28.8. The van der Waals surface area contributed by atoms with Crippen molar-refractivity contribution in [2.24, 2.45) is 0 Å². The molecule has 0 aliphatic rings. The van der Waals surface area contributed by atoms with Crippen LogP contribution in [0.3, 0.4) is 0 Å². The lowest BCUT2D eigenvalue weighted by Crippen LogP contribution is -2.39. The van der Waals surface area contributed by atoms with Crippen molar-refractivity contribution in [3.63, 3.8) is 0 Å². The molecule has 238 valence electrons. The van der Waals surface area contributed by atoms with Gasteiger partial charge in [0.25, 0.3) is 0 Å². The molecule has 0 spiro atoms. The smallest absolute Gasteiger partial charge is 0.413 e. The number of urea groups is 1. The van der Waals surface area contributed by atoms with E-state index in [0.717, 1.165) is 11.8 Å². The first-order valence-electron chi connectivity index (χ1n) is 14.0. The second-order valence-corrected chi connectivity index (χ2v) is 12.1. The zero-order valence-electron chi connectivity index (χ0n) is 25.3. The number of hydrogen-bond acceptors (Lipinski definition) is 9. The van der Waals surface area contributed by atoms with Gasteiger partial charge < -0.3 is 14.8 Å². The number of alkyl carbamates (subject to hydrolysis) is 1. The van der Waals surface area contributed by atoms with E-state index in [1.807, 2.05) is 30.3 Å². The quantitative estimate of drug-likeness (QED) is 0.0768. The van der Waals surface area contributed by atoms with Crippen molar-refractivity contribution >= 4 is 45.1 Å². The van der Waals surface area contributed by atoms with Crippen LogP contribution in [0.15, 0.2) is 108 Å². The molecule has 1 unspecified atom stereocenters. The Kier molecular flexibility index (Phi) is 10.7. The number of methoxy groups -OCH3 is 1. The van der Waals surface area contributed by atoms with Gasteiger partial charge in [-0.3, -0.25) is 16.2 Å². The minimum absolute atomic E-state index is 0.171. The Balaban J connectivity index is 1.50. The fourth-order valence-corrected chi connectivity index (χ4v) is 5.27. The van der Waals surface area contributed by atoms with E-state index < -0.39 is 34.0 Å². The zero-order chi connectivity index (χ0) is 33.3. The molecule has 0 heterocycles. The van der Waals surface area contributed by atoms with Crippen LogP contribution in [-0.4, -0.2) is 56.8 Å². The predicted octanol–water partition coefficient (Wildman–Crippen LogP) is 5.43. The van der Waals surface area contributed by atoms with Crippen LogP contribution in [0.4, 0.5) is 21.0 Å². The lowest BCUT2D eigenvalue weighted by Gasteiger charge is -2.25. The van der Waals surface area contributed by atoms with Gasteiger partial charge in [-0.2, -0.15) is 0 Å². The van der Waals surface area contributed by atoms with E-state index >= 15 is 0 Å². The highest BCUT2D eigenvalue weighted by Crippen LogP contribution is 2.28. The standard InChI is InChI=1S/C33H33N5O7S/c1-22(31(39)44-2)45-33(41)36-30(34)25-12-9-13-27(20-25)37-38(21-23-10-5-4-6-11-23)32(40)35-26-18-16-24(17-19-26)28-14-7-8-15-29(28)46(3,42)43/h4-20,22,37H,21H2,1-3H3,(H,35,40)(H2,34,36,41). The fraction of sp³-hybridized carbons (Fsp3) is 0.152. The normalized spacial score (nSPS) is 11.5. The van der Waals surface area contributed by atoms with Crippen LogP contribution in [0, 0.1) is 5.41 Å². The Morgan fingerprint density at radius 1 is 0.870 bits per heavy atom. The van der Waals surface area contributed by atoms with E-state index in [4.69, 9.17) is 10.1 Å². The third kappa shape index (κ3) is 8.92. The predicted molar refractivity (Wildman–Crippen MR) is 174 cm³/mol. The van der Waals surface area contributed by atoms with E-state index in [9.17, 15) is 22.8 Å². The highest BCUT2D eigenvalue weighted by atomic mass is 32.2. The Morgan fingerprint density at radius 2 is 1.54 bits per heavy atom. The van der Waals surface area contributed by atoms with Gasteiger partial charge in [-0.1, -0.05) is 72.8 Å². The minimum atomic E-state index is -3.45. The molecule has 4 aromatic rings. The first-order valence-corrected chi connectivity index (χ1v) is 15.9. The summed E-state index contributed by atoms with van der Waals surface area (Å²) < 4.78 is 34.0. The number of esters is 1. The number of hydrazine groups is 1. The van der Waals surface area contributed by atoms with Gasteiger partial charge in [-0.15, -0.1) is 0 Å². The number of hydrogen-bond donors (Lipinski definition) is 4. The van der Waals surface area contributed by atoms with Gasteiger partial charge in [0.15, 0.2) is 15.9 Å². The number of carbonyl (C=O) groups is 3. The maximum atomic E-state index is 13.5. The Morgan fingerprint density at radius 3 is 2.22 bits per heavy atom. The first kappa shape index (κ1) is 33.2. The minimum Gasteiger partial charge on any atom is -0.466 e. The molecular weight excluding hydrogens is 610 g/mol. The SMILES string of the molecule is COC(=O)C(C)OC(=O)NC(=N)c1cccc(NN(Cc2ccccc2)C(=O)Nc2ccc(-c3ccccc3S(C)(=O)=O)cc2)c1. The highest BCUT2D eigenvalue weighted by molar-refractivity contribution is 7.90. The van der Waals surface area contributed by atoms with Crippen LogP contribution < -0.4 is 16.1 Å². The number of nitrogens with one attached hydrogen (secondary N) is 4. The lowest BCUT2D eigenvalue weighted by atomic mass is 10.1. The molecule has 13 heteroatoms. The second kappa shape index (κ2) is 14.9. The van der Waals surface area contributed by atoms with Crippen molar-refractivity contribution in [1.82, 2.24) is 10.3 Å².